The molecule has 0 radical (unpaired) electrons. The summed E-state index contributed by atoms with van der Waals surface area (Å²) >= 11 is 13.4. The summed E-state index contributed by atoms with van der Waals surface area (Å²) in [5, 5.41) is 1.52. The van der Waals surface area contributed by atoms with Gasteiger partial charge in [-0.25, -0.2) is 0 Å². The van der Waals surface area contributed by atoms with Crippen LogP contribution in [0.3, 0.4) is 0 Å². The topological polar surface area (TPSA) is 0 Å². The number of hydrogen-bond donors (Lipinski definition) is 0. The van der Waals surface area contributed by atoms with E-state index in [-0.39, 0.29) is 10.8 Å². The van der Waals surface area contributed by atoms with Crippen molar-refractivity contribution in [3.05, 3.63) is 74.4 Å². The second-order valence-corrected chi connectivity index (χ2v) is 24.1. The van der Waals surface area contributed by atoms with Crippen LogP contribution in [0.15, 0.2) is 54.6 Å². The van der Waals surface area contributed by atoms with Crippen LogP contribution in [-0.2, 0) is 10.8 Å². The van der Waals surface area contributed by atoms with Crippen molar-refractivity contribution in [3.8, 4) is 0 Å². The Labute approximate surface area is 252 Å². The van der Waals surface area contributed by atoms with Crippen molar-refractivity contribution in [2.24, 2.45) is 0 Å². The zero-order chi connectivity index (χ0) is 24.2. The molecular formula is C26H27I3S3Si. The molecular weight excluding hydrogens is 817 g/mol. The van der Waals surface area contributed by atoms with Crippen molar-refractivity contribution in [3.63, 3.8) is 0 Å². The minimum Gasteiger partial charge on any atom is -0.138 e. The smallest absolute Gasteiger partial charge is 0.138 e. The van der Waals surface area contributed by atoms with Crippen LogP contribution in [0.25, 0.3) is 0 Å². The Morgan fingerprint density at radius 1 is 0.545 bits per heavy atom. The van der Waals surface area contributed by atoms with Gasteiger partial charge in [-0.1, -0.05) is 77.9 Å². The van der Waals surface area contributed by atoms with Crippen molar-refractivity contribution < 1.29 is 0 Å². The molecule has 0 bridgehead atoms. The fourth-order valence-electron chi connectivity index (χ4n) is 4.05. The zero-order valence-electron chi connectivity index (χ0n) is 19.6. The molecule has 0 aliphatic heterocycles. The van der Waals surface area contributed by atoms with Gasteiger partial charge in [-0.3, -0.25) is 0 Å². The van der Waals surface area contributed by atoms with Crippen LogP contribution in [0.5, 0.6) is 0 Å². The van der Waals surface area contributed by atoms with Gasteiger partial charge in [0.1, 0.15) is 0 Å². The summed E-state index contributed by atoms with van der Waals surface area (Å²) in [4.78, 5) is 0. The maximum Gasteiger partial charge on any atom is 0.212 e. The van der Waals surface area contributed by atoms with Crippen molar-refractivity contribution in [1.82, 2.24) is 0 Å². The minimum atomic E-state index is -2.42. The van der Waals surface area contributed by atoms with E-state index in [4.69, 9.17) is 0 Å². The van der Waals surface area contributed by atoms with Gasteiger partial charge in [-0.05, 0) is 113 Å². The number of hydrogen-bond acceptors (Lipinski definition) is 3. The predicted octanol–water partition coefficient (Wildman–Crippen LogP) is 7.66. The Morgan fingerprint density at radius 3 is 1.12 bits per heavy atom. The number of thiophene rings is 3. The van der Waals surface area contributed by atoms with Crippen LogP contribution in [0.4, 0.5) is 0 Å². The van der Waals surface area contributed by atoms with E-state index >= 15 is 0 Å². The van der Waals surface area contributed by atoms with Crippen molar-refractivity contribution in [2.45, 2.75) is 52.4 Å². The largest absolute Gasteiger partial charge is 0.212 e. The average Bonchev–Trinajstić information content (AvgIpc) is 3.44. The molecule has 4 aromatic rings. The first-order chi connectivity index (χ1) is 15.3. The fourth-order valence-corrected chi connectivity index (χ4v) is 19.8. The van der Waals surface area contributed by atoms with E-state index in [1.807, 2.05) is 34.0 Å². The highest BCUT2D eigenvalue weighted by molar-refractivity contribution is 14.1. The highest BCUT2D eigenvalue weighted by Gasteiger charge is 2.46. The predicted molar refractivity (Wildman–Crippen MR) is 179 cm³/mol. The standard InChI is InChI=1S/C26H27I3S3Si/c1-25(2,3)16-13-17(26(4,5)6)15-18(14-16)33(22-10-7-19(27)30-22,23-11-8-20(28)31-23)24-12-9-21(29)32-24/h7-15H,1-6H3. The first kappa shape index (κ1) is 26.8. The number of halogens is 3. The third-order valence-corrected chi connectivity index (χ3v) is 18.6. The summed E-state index contributed by atoms with van der Waals surface area (Å²) < 4.78 is 8.69. The summed E-state index contributed by atoms with van der Waals surface area (Å²) in [6.07, 6.45) is 0. The highest BCUT2D eigenvalue weighted by atomic mass is 127. The first-order valence-electron chi connectivity index (χ1n) is 10.8. The van der Waals surface area contributed by atoms with E-state index in [0.717, 1.165) is 0 Å². The Morgan fingerprint density at radius 2 is 0.879 bits per heavy atom. The van der Waals surface area contributed by atoms with Crippen LogP contribution in [0, 0.1) is 8.65 Å². The number of benzene rings is 1. The Kier molecular flexibility index (Phi) is 8.02. The quantitative estimate of drug-likeness (QED) is 0.146. The maximum atomic E-state index is 2.55. The third-order valence-electron chi connectivity index (χ3n) is 5.93. The zero-order valence-corrected chi connectivity index (χ0v) is 29.5. The van der Waals surface area contributed by atoms with Gasteiger partial charge in [0.05, 0.1) is 8.65 Å². The van der Waals surface area contributed by atoms with Crippen LogP contribution in [-0.4, -0.2) is 8.07 Å². The molecule has 0 spiro atoms. The molecule has 0 saturated heterocycles. The molecule has 0 nitrogen and oxygen atoms in total. The molecule has 0 aliphatic rings. The van der Waals surface area contributed by atoms with Gasteiger partial charge in [0.2, 0.25) is 8.07 Å². The Balaban J connectivity index is 2.18. The second kappa shape index (κ2) is 9.89. The van der Waals surface area contributed by atoms with Crippen LogP contribution in [0.2, 0.25) is 0 Å². The molecule has 0 aliphatic carbocycles. The normalized spacial score (nSPS) is 13.0. The third kappa shape index (κ3) is 5.39. The van der Waals surface area contributed by atoms with Gasteiger partial charge in [-0.15, -0.1) is 34.0 Å². The van der Waals surface area contributed by atoms with E-state index < -0.39 is 8.07 Å². The highest BCUT2D eigenvalue weighted by Crippen LogP contribution is 2.31. The molecule has 1 aromatic carbocycles. The lowest BCUT2D eigenvalue weighted by Crippen LogP contribution is -2.73. The molecule has 0 amide bonds. The summed E-state index contributed by atoms with van der Waals surface area (Å²) in [7, 11) is -2.42. The maximum absolute atomic E-state index is 2.55. The molecule has 0 unspecified atom stereocenters. The Bertz CT molecular complexity index is 1150. The lowest BCUT2D eigenvalue weighted by molar-refractivity contribution is 0.569. The monoisotopic (exact) mass is 844 g/mol. The summed E-state index contributed by atoms with van der Waals surface area (Å²) in [5.41, 5.74) is 3.05. The van der Waals surface area contributed by atoms with Crippen molar-refractivity contribution >= 4 is 129 Å². The molecule has 0 fully saturated rings. The molecule has 7 heteroatoms. The summed E-state index contributed by atoms with van der Waals surface area (Å²) in [6, 6.07) is 21.7. The lowest BCUT2D eigenvalue weighted by atomic mass is 9.81. The molecule has 3 heterocycles. The van der Waals surface area contributed by atoms with Crippen molar-refractivity contribution in [1.29, 1.82) is 0 Å². The average molecular weight is 845 g/mol. The molecule has 3 aromatic heterocycles. The minimum absolute atomic E-state index is 0.0910. The molecule has 0 saturated carbocycles. The molecule has 0 atom stereocenters. The van der Waals surface area contributed by atoms with Gasteiger partial charge in [-0.2, -0.15) is 0 Å². The number of rotatable bonds is 4. The van der Waals surface area contributed by atoms with Gasteiger partial charge in [0.25, 0.3) is 0 Å². The van der Waals surface area contributed by atoms with Gasteiger partial charge in [0, 0.05) is 13.5 Å². The van der Waals surface area contributed by atoms with Gasteiger partial charge < -0.3 is 0 Å². The summed E-state index contributed by atoms with van der Waals surface area (Å²) in [5.74, 6) is 0. The Hall–Kier alpha value is 0.727. The van der Waals surface area contributed by atoms with Gasteiger partial charge in [0.15, 0.2) is 0 Å². The first-order valence-corrected chi connectivity index (χ1v) is 18.4. The summed E-state index contributed by atoms with van der Waals surface area (Å²) in [6.45, 7) is 14.1. The van der Waals surface area contributed by atoms with E-state index in [1.165, 1.54) is 38.5 Å². The molecule has 0 N–H and O–H groups in total. The van der Waals surface area contributed by atoms with Crippen LogP contribution < -0.4 is 18.7 Å². The van der Waals surface area contributed by atoms with E-state index in [2.05, 4.69) is 164 Å². The fraction of sp³-hybridized carbons (Fsp3) is 0.308. The van der Waals surface area contributed by atoms with Gasteiger partial charge >= 0.3 is 0 Å². The van der Waals surface area contributed by atoms with E-state index in [1.54, 1.807) is 0 Å². The molecule has 33 heavy (non-hydrogen) atoms. The van der Waals surface area contributed by atoms with E-state index in [9.17, 15) is 0 Å². The van der Waals surface area contributed by atoms with Crippen molar-refractivity contribution in [2.75, 3.05) is 0 Å². The van der Waals surface area contributed by atoms with Crippen LogP contribution in [0.1, 0.15) is 52.7 Å². The SMILES string of the molecule is CC(C)(C)c1cc(C(C)(C)C)cc([Si](c2ccc(I)s2)(c2ccc(I)s2)c2ccc(I)s2)c1. The lowest BCUT2D eigenvalue weighted by Gasteiger charge is -2.33. The molecule has 4 rings (SSSR count). The molecule has 174 valence electrons. The van der Waals surface area contributed by atoms with Crippen LogP contribution >= 0.6 is 102 Å². The second-order valence-electron chi connectivity index (χ2n) is 10.4. The van der Waals surface area contributed by atoms with E-state index in [0.29, 0.717) is 0 Å².